The molecule has 0 amide bonds. The lowest BCUT2D eigenvalue weighted by Gasteiger charge is -1.92. The van der Waals surface area contributed by atoms with Crippen molar-refractivity contribution in [2.75, 3.05) is 0 Å². The molecule has 2 aromatic rings. The van der Waals surface area contributed by atoms with E-state index in [2.05, 4.69) is 37.8 Å². The molecule has 0 aliphatic heterocycles. The summed E-state index contributed by atoms with van der Waals surface area (Å²) >= 11 is 9.34. The summed E-state index contributed by atoms with van der Waals surface area (Å²) in [5, 5.41) is 9.32. The summed E-state index contributed by atoms with van der Waals surface area (Å²) in [6.07, 6.45) is 1.60. The predicted molar refractivity (Wildman–Crippen MR) is 60.9 cm³/mol. The second-order valence-electron chi connectivity index (χ2n) is 2.22. The Kier molecular flexibility index (Phi) is 2.75. The van der Waals surface area contributed by atoms with Gasteiger partial charge in [-0.05, 0) is 34.7 Å². The summed E-state index contributed by atoms with van der Waals surface area (Å²) in [6.45, 7) is 0. The zero-order valence-electron chi connectivity index (χ0n) is 6.24. The summed E-state index contributed by atoms with van der Waals surface area (Å²) in [5.41, 5.74) is 0.810. The minimum Gasteiger partial charge on any atom is -0.252 e. The van der Waals surface area contributed by atoms with Crippen LogP contribution < -0.4 is 0 Å². The molecule has 2 rings (SSSR count). The van der Waals surface area contributed by atoms with Gasteiger partial charge in [-0.1, -0.05) is 22.9 Å². The smallest absolute Gasteiger partial charge is 0.178 e. The van der Waals surface area contributed by atoms with Gasteiger partial charge < -0.3 is 0 Å². The number of hydrogen-bond donors (Lipinski definition) is 0. The average molecular weight is 324 g/mol. The van der Waals surface area contributed by atoms with Crippen LogP contribution >= 0.6 is 45.5 Å². The first-order valence-electron chi connectivity index (χ1n) is 3.36. The second-order valence-corrected chi connectivity index (χ2v) is 5.39. The van der Waals surface area contributed by atoms with E-state index in [0.717, 1.165) is 13.7 Å². The van der Waals surface area contributed by atoms with E-state index in [9.17, 15) is 0 Å². The Labute approximate surface area is 97.3 Å². The zero-order chi connectivity index (χ0) is 9.26. The quantitative estimate of drug-likeness (QED) is 0.758. The standard InChI is InChI=1S/C7H3ClIN3S/c8-4-1-2-5(10-3-4)6-11-12-7(9)13-6/h1-3H. The topological polar surface area (TPSA) is 38.7 Å². The molecule has 3 nitrogen and oxygen atoms in total. The van der Waals surface area contributed by atoms with E-state index >= 15 is 0 Å². The van der Waals surface area contributed by atoms with Crippen molar-refractivity contribution < 1.29 is 0 Å². The highest BCUT2D eigenvalue weighted by molar-refractivity contribution is 14.1. The molecule has 2 heterocycles. The van der Waals surface area contributed by atoms with E-state index in [1.807, 2.05) is 6.07 Å². The third kappa shape index (κ3) is 2.15. The summed E-state index contributed by atoms with van der Waals surface area (Å²) in [4.78, 5) is 4.13. The van der Waals surface area contributed by atoms with Crippen molar-refractivity contribution in [2.45, 2.75) is 0 Å². The predicted octanol–water partition coefficient (Wildman–Crippen LogP) is 2.86. The summed E-state index contributed by atoms with van der Waals surface area (Å²) < 4.78 is 0.907. The Bertz CT molecular complexity index is 414. The molecule has 0 saturated heterocycles. The molecule has 0 fully saturated rings. The van der Waals surface area contributed by atoms with E-state index in [0.29, 0.717) is 5.02 Å². The molecule has 0 unspecified atom stereocenters. The fourth-order valence-electron chi connectivity index (χ4n) is 0.811. The molecule has 13 heavy (non-hydrogen) atoms. The highest BCUT2D eigenvalue weighted by Crippen LogP contribution is 2.22. The van der Waals surface area contributed by atoms with Gasteiger partial charge in [-0.3, -0.25) is 4.98 Å². The van der Waals surface area contributed by atoms with Gasteiger partial charge in [0.25, 0.3) is 0 Å². The van der Waals surface area contributed by atoms with Crippen molar-refractivity contribution >= 4 is 45.5 Å². The number of halogens is 2. The maximum absolute atomic E-state index is 5.71. The van der Waals surface area contributed by atoms with E-state index < -0.39 is 0 Å². The van der Waals surface area contributed by atoms with E-state index in [-0.39, 0.29) is 0 Å². The van der Waals surface area contributed by atoms with Crippen LogP contribution in [-0.4, -0.2) is 15.2 Å². The lowest BCUT2D eigenvalue weighted by molar-refractivity contribution is 1.07. The third-order valence-electron chi connectivity index (χ3n) is 1.35. The Morgan fingerprint density at radius 2 is 2.15 bits per heavy atom. The molecular weight excluding hydrogens is 321 g/mol. The highest BCUT2D eigenvalue weighted by Gasteiger charge is 2.04. The molecule has 66 valence electrons. The van der Waals surface area contributed by atoms with Crippen molar-refractivity contribution in [1.29, 1.82) is 0 Å². The maximum atomic E-state index is 5.71. The van der Waals surface area contributed by atoms with Crippen LogP contribution in [0.2, 0.25) is 5.02 Å². The van der Waals surface area contributed by atoms with Gasteiger partial charge in [-0.15, -0.1) is 10.2 Å². The monoisotopic (exact) mass is 323 g/mol. The van der Waals surface area contributed by atoms with Crippen molar-refractivity contribution in [3.63, 3.8) is 0 Å². The van der Waals surface area contributed by atoms with Crippen LogP contribution in [-0.2, 0) is 0 Å². The van der Waals surface area contributed by atoms with Gasteiger partial charge in [0.2, 0.25) is 0 Å². The molecule has 0 radical (unpaired) electrons. The average Bonchev–Trinajstić information content (AvgIpc) is 2.53. The molecule has 0 atom stereocenters. The van der Waals surface area contributed by atoms with Crippen LogP contribution in [0.4, 0.5) is 0 Å². The van der Waals surface area contributed by atoms with Crippen LogP contribution in [0.15, 0.2) is 18.3 Å². The van der Waals surface area contributed by atoms with Crippen molar-refractivity contribution in [2.24, 2.45) is 0 Å². The van der Waals surface area contributed by atoms with Crippen LogP contribution in [0.3, 0.4) is 0 Å². The number of rotatable bonds is 1. The summed E-state index contributed by atoms with van der Waals surface area (Å²) in [6, 6.07) is 3.62. The number of nitrogens with zero attached hydrogens (tertiary/aromatic N) is 3. The second kappa shape index (κ2) is 3.85. The maximum Gasteiger partial charge on any atom is 0.178 e. The van der Waals surface area contributed by atoms with Crippen LogP contribution in [0, 0.1) is 3.01 Å². The van der Waals surface area contributed by atoms with Gasteiger partial charge in [0.05, 0.1) is 5.02 Å². The van der Waals surface area contributed by atoms with E-state index in [1.165, 1.54) is 11.3 Å². The van der Waals surface area contributed by atoms with Gasteiger partial charge in [0, 0.05) is 6.20 Å². The molecule has 0 bridgehead atoms. The zero-order valence-corrected chi connectivity index (χ0v) is 9.97. The molecule has 0 N–H and O–H groups in total. The van der Waals surface area contributed by atoms with Crippen molar-refractivity contribution in [3.8, 4) is 10.7 Å². The fourth-order valence-corrected chi connectivity index (χ4v) is 2.20. The van der Waals surface area contributed by atoms with E-state index in [1.54, 1.807) is 12.3 Å². The van der Waals surface area contributed by atoms with Crippen molar-refractivity contribution in [3.05, 3.63) is 26.4 Å². The van der Waals surface area contributed by atoms with Crippen molar-refractivity contribution in [1.82, 2.24) is 15.2 Å². The van der Waals surface area contributed by atoms with Gasteiger partial charge in [-0.25, -0.2) is 0 Å². The number of aromatic nitrogens is 3. The molecule has 0 aliphatic rings. The minimum absolute atomic E-state index is 0.628. The molecule has 6 heteroatoms. The summed E-state index contributed by atoms with van der Waals surface area (Å²) in [5.74, 6) is 0. The Balaban J connectivity index is 2.41. The Hall–Kier alpha value is -0.270. The van der Waals surface area contributed by atoms with Gasteiger partial charge >= 0.3 is 0 Å². The molecule has 2 aromatic heterocycles. The third-order valence-corrected chi connectivity index (χ3v) is 3.18. The van der Waals surface area contributed by atoms with E-state index in [4.69, 9.17) is 11.6 Å². The Morgan fingerprint density at radius 3 is 2.69 bits per heavy atom. The number of pyridine rings is 1. The van der Waals surface area contributed by atoms with Gasteiger partial charge in [0.15, 0.2) is 8.02 Å². The van der Waals surface area contributed by atoms with Crippen LogP contribution in [0.1, 0.15) is 0 Å². The van der Waals surface area contributed by atoms with Gasteiger partial charge in [-0.2, -0.15) is 0 Å². The molecule has 0 aliphatic carbocycles. The lowest BCUT2D eigenvalue weighted by atomic mass is 10.4. The molecule has 0 spiro atoms. The normalized spacial score (nSPS) is 10.3. The van der Waals surface area contributed by atoms with Gasteiger partial charge in [0.1, 0.15) is 5.69 Å². The first kappa shape index (κ1) is 9.29. The molecular formula is C7H3ClIN3S. The lowest BCUT2D eigenvalue weighted by Crippen LogP contribution is -1.81. The molecule has 0 saturated carbocycles. The largest absolute Gasteiger partial charge is 0.252 e. The van der Waals surface area contributed by atoms with Crippen LogP contribution in [0.25, 0.3) is 10.7 Å². The minimum atomic E-state index is 0.628. The number of hydrogen-bond acceptors (Lipinski definition) is 4. The molecule has 0 aromatic carbocycles. The van der Waals surface area contributed by atoms with Crippen LogP contribution in [0.5, 0.6) is 0 Å². The fraction of sp³-hybridized carbons (Fsp3) is 0. The SMILES string of the molecule is Clc1ccc(-c2nnc(I)s2)nc1. The Morgan fingerprint density at radius 1 is 1.31 bits per heavy atom. The first-order valence-corrected chi connectivity index (χ1v) is 5.64. The highest BCUT2D eigenvalue weighted by atomic mass is 127. The summed E-state index contributed by atoms with van der Waals surface area (Å²) in [7, 11) is 0. The first-order chi connectivity index (χ1) is 6.25.